The molecule has 0 amide bonds. The smallest absolute Gasteiger partial charge is 0.341 e. The van der Waals surface area contributed by atoms with Crippen LogP contribution in [0.1, 0.15) is 34.8 Å². The molecule has 82 valence electrons. The highest BCUT2D eigenvalue weighted by Gasteiger charge is 2.31. The lowest BCUT2D eigenvalue weighted by Crippen LogP contribution is -2.15. The van der Waals surface area contributed by atoms with Gasteiger partial charge in [-0.05, 0) is 12.8 Å². The van der Waals surface area contributed by atoms with E-state index in [1.165, 1.54) is 0 Å². The van der Waals surface area contributed by atoms with E-state index in [4.69, 9.17) is 9.63 Å². The van der Waals surface area contributed by atoms with Crippen LogP contribution < -0.4 is 5.43 Å². The van der Waals surface area contributed by atoms with Crippen molar-refractivity contribution < 1.29 is 14.4 Å². The number of aromatic nitrogens is 2. The summed E-state index contributed by atoms with van der Waals surface area (Å²) in [5.41, 5.74) is 0.0262. The van der Waals surface area contributed by atoms with Gasteiger partial charge in [-0.1, -0.05) is 5.16 Å². The molecule has 0 saturated heterocycles. The van der Waals surface area contributed by atoms with E-state index in [-0.39, 0.29) is 22.6 Å². The van der Waals surface area contributed by atoms with Gasteiger partial charge in [-0.15, -0.1) is 0 Å². The van der Waals surface area contributed by atoms with Gasteiger partial charge in [0.2, 0.25) is 11.1 Å². The maximum Gasteiger partial charge on any atom is 0.341 e. The molecule has 2 heterocycles. The molecule has 2 aromatic heterocycles. The number of H-pyrrole nitrogens is 1. The Bertz CT molecular complexity index is 636. The second-order valence-electron chi connectivity index (χ2n) is 3.88. The standard InChI is InChI=1S/C10H8N2O4/c13-8-5(10(14)15)3-11-9-6(8)7(12-16-9)4-1-2-4/h3-4H,1-2H2,(H,11,13)(H,14,15). The SMILES string of the molecule is O=C(O)c1c[nH]c2onc(C3CC3)c2c1=O. The quantitative estimate of drug-likeness (QED) is 0.789. The minimum atomic E-state index is -1.24. The van der Waals surface area contributed by atoms with Gasteiger partial charge in [-0.3, -0.25) is 4.79 Å². The lowest BCUT2D eigenvalue weighted by molar-refractivity contribution is 0.0695. The van der Waals surface area contributed by atoms with Gasteiger partial charge in [-0.2, -0.15) is 0 Å². The number of carbonyl (C=O) groups is 1. The fourth-order valence-corrected chi connectivity index (χ4v) is 1.75. The molecule has 6 heteroatoms. The number of carboxylic acid groups (broad SMARTS) is 1. The first kappa shape index (κ1) is 9.14. The first-order valence-corrected chi connectivity index (χ1v) is 4.92. The topological polar surface area (TPSA) is 96.2 Å². The average Bonchev–Trinajstić information content (AvgIpc) is 2.99. The maximum atomic E-state index is 11.9. The van der Waals surface area contributed by atoms with Crippen LogP contribution in [0.15, 0.2) is 15.5 Å². The van der Waals surface area contributed by atoms with Gasteiger partial charge in [0.25, 0.3) is 0 Å². The van der Waals surface area contributed by atoms with Crippen molar-refractivity contribution in [3.05, 3.63) is 27.7 Å². The summed E-state index contributed by atoms with van der Waals surface area (Å²) in [5, 5.41) is 12.9. The van der Waals surface area contributed by atoms with Crippen LogP contribution in [0, 0.1) is 0 Å². The molecule has 0 aliphatic heterocycles. The summed E-state index contributed by atoms with van der Waals surface area (Å²) in [4.78, 5) is 25.3. The van der Waals surface area contributed by atoms with Crippen molar-refractivity contribution in [2.24, 2.45) is 0 Å². The summed E-state index contributed by atoms with van der Waals surface area (Å²) in [7, 11) is 0. The van der Waals surface area contributed by atoms with Crippen molar-refractivity contribution in [3.63, 3.8) is 0 Å². The highest BCUT2D eigenvalue weighted by Crippen LogP contribution is 2.41. The normalized spacial score (nSPS) is 15.5. The number of aromatic carboxylic acids is 1. The third kappa shape index (κ3) is 1.16. The van der Waals surface area contributed by atoms with E-state index in [0.29, 0.717) is 5.69 Å². The molecule has 16 heavy (non-hydrogen) atoms. The van der Waals surface area contributed by atoms with Crippen LogP contribution in [0.5, 0.6) is 0 Å². The molecule has 0 aromatic carbocycles. The number of fused-ring (bicyclic) bond motifs is 1. The lowest BCUT2D eigenvalue weighted by Gasteiger charge is -1.94. The summed E-state index contributed by atoms with van der Waals surface area (Å²) < 4.78 is 4.97. The second kappa shape index (κ2) is 2.94. The molecule has 0 unspecified atom stereocenters. The van der Waals surface area contributed by atoms with E-state index in [0.717, 1.165) is 19.0 Å². The third-order valence-electron chi connectivity index (χ3n) is 2.73. The molecule has 0 radical (unpaired) electrons. The summed E-state index contributed by atoms with van der Waals surface area (Å²) >= 11 is 0. The van der Waals surface area contributed by atoms with E-state index in [9.17, 15) is 9.59 Å². The largest absolute Gasteiger partial charge is 0.477 e. The number of hydrogen-bond acceptors (Lipinski definition) is 4. The summed E-state index contributed by atoms with van der Waals surface area (Å²) in [6, 6.07) is 0. The molecule has 0 spiro atoms. The van der Waals surface area contributed by atoms with E-state index in [1.807, 2.05) is 0 Å². The van der Waals surface area contributed by atoms with Gasteiger partial charge in [0, 0.05) is 12.1 Å². The van der Waals surface area contributed by atoms with Crippen molar-refractivity contribution in [3.8, 4) is 0 Å². The Morgan fingerprint density at radius 1 is 1.56 bits per heavy atom. The van der Waals surface area contributed by atoms with Gasteiger partial charge in [0.1, 0.15) is 16.6 Å². The van der Waals surface area contributed by atoms with Crippen LogP contribution in [-0.2, 0) is 0 Å². The number of pyridine rings is 1. The minimum absolute atomic E-state index is 0.242. The van der Waals surface area contributed by atoms with Gasteiger partial charge >= 0.3 is 5.97 Å². The van der Waals surface area contributed by atoms with E-state index in [1.54, 1.807) is 0 Å². The molecule has 1 saturated carbocycles. The highest BCUT2D eigenvalue weighted by molar-refractivity contribution is 5.91. The van der Waals surface area contributed by atoms with Crippen molar-refractivity contribution in [1.82, 2.24) is 10.1 Å². The number of nitrogens with one attached hydrogen (secondary N) is 1. The van der Waals surface area contributed by atoms with Crippen molar-refractivity contribution in [2.75, 3.05) is 0 Å². The van der Waals surface area contributed by atoms with Gasteiger partial charge in [0.15, 0.2) is 0 Å². The first-order valence-electron chi connectivity index (χ1n) is 4.92. The van der Waals surface area contributed by atoms with E-state index >= 15 is 0 Å². The molecular weight excluding hydrogens is 212 g/mol. The van der Waals surface area contributed by atoms with E-state index in [2.05, 4.69) is 10.1 Å². The Morgan fingerprint density at radius 3 is 2.94 bits per heavy atom. The molecule has 3 rings (SSSR count). The zero-order valence-corrected chi connectivity index (χ0v) is 8.19. The van der Waals surface area contributed by atoms with Crippen LogP contribution in [0.2, 0.25) is 0 Å². The molecule has 2 aromatic rings. The molecule has 1 fully saturated rings. The molecule has 2 N–H and O–H groups in total. The zero-order valence-electron chi connectivity index (χ0n) is 8.19. The number of carboxylic acids is 1. The molecule has 1 aliphatic carbocycles. The fraction of sp³-hybridized carbons (Fsp3) is 0.300. The van der Waals surface area contributed by atoms with Gasteiger partial charge < -0.3 is 14.6 Å². The predicted octanol–water partition coefficient (Wildman–Crippen LogP) is 1.09. The van der Waals surface area contributed by atoms with Crippen molar-refractivity contribution in [2.45, 2.75) is 18.8 Å². The Balaban J connectivity index is 2.36. The Morgan fingerprint density at radius 2 is 2.31 bits per heavy atom. The number of rotatable bonds is 2. The molecule has 0 atom stereocenters. The summed E-state index contributed by atoms with van der Waals surface area (Å²) in [6.45, 7) is 0. The maximum absolute atomic E-state index is 11.9. The Hall–Kier alpha value is -2.11. The third-order valence-corrected chi connectivity index (χ3v) is 2.73. The Kier molecular flexibility index (Phi) is 1.68. The van der Waals surface area contributed by atoms with Crippen LogP contribution in [-0.4, -0.2) is 21.2 Å². The van der Waals surface area contributed by atoms with Gasteiger partial charge in [-0.25, -0.2) is 4.79 Å². The monoisotopic (exact) mass is 220 g/mol. The lowest BCUT2D eigenvalue weighted by atomic mass is 10.1. The highest BCUT2D eigenvalue weighted by atomic mass is 16.5. The summed E-state index contributed by atoms with van der Waals surface area (Å²) in [6.07, 6.45) is 3.08. The molecular formula is C10H8N2O4. The minimum Gasteiger partial charge on any atom is -0.477 e. The van der Waals surface area contributed by atoms with E-state index < -0.39 is 11.4 Å². The second-order valence-corrected chi connectivity index (χ2v) is 3.88. The van der Waals surface area contributed by atoms with Crippen LogP contribution in [0.25, 0.3) is 11.1 Å². The van der Waals surface area contributed by atoms with Crippen LogP contribution in [0.4, 0.5) is 0 Å². The number of nitrogens with zero attached hydrogens (tertiary/aromatic N) is 1. The molecule has 6 nitrogen and oxygen atoms in total. The number of hydrogen-bond donors (Lipinski definition) is 2. The predicted molar refractivity (Wildman–Crippen MR) is 53.6 cm³/mol. The fourth-order valence-electron chi connectivity index (χ4n) is 1.75. The molecule has 0 bridgehead atoms. The van der Waals surface area contributed by atoms with Crippen LogP contribution in [0.3, 0.4) is 0 Å². The summed E-state index contributed by atoms with van der Waals surface area (Å²) in [5.74, 6) is -1.00. The first-order chi connectivity index (χ1) is 7.68. The Labute approximate surface area is 88.9 Å². The van der Waals surface area contributed by atoms with Crippen molar-refractivity contribution >= 4 is 17.1 Å². The van der Waals surface area contributed by atoms with Crippen LogP contribution >= 0.6 is 0 Å². The number of aromatic amines is 1. The zero-order chi connectivity index (χ0) is 11.3. The average molecular weight is 220 g/mol. The van der Waals surface area contributed by atoms with Crippen molar-refractivity contribution in [1.29, 1.82) is 0 Å². The molecule has 1 aliphatic rings. The van der Waals surface area contributed by atoms with Gasteiger partial charge in [0.05, 0.1) is 0 Å².